The van der Waals surface area contributed by atoms with Crippen molar-refractivity contribution >= 4 is 0 Å². The van der Waals surface area contributed by atoms with Gasteiger partial charge in [0.1, 0.15) is 0 Å². The maximum absolute atomic E-state index is 5.56. The number of rotatable bonds is 3. The summed E-state index contributed by atoms with van der Waals surface area (Å²) in [6, 6.07) is 10.4. The molecule has 0 fully saturated rings. The number of benzene rings is 1. The molecule has 0 heterocycles. The average molecular weight is 163 g/mol. The minimum atomic E-state index is -0.0831. The van der Waals surface area contributed by atoms with Crippen molar-refractivity contribution in [2.45, 2.75) is 26.1 Å². The van der Waals surface area contributed by atoms with Crippen molar-refractivity contribution in [3.63, 3.8) is 0 Å². The summed E-state index contributed by atoms with van der Waals surface area (Å²) in [6.45, 7) is 3.94. The van der Waals surface area contributed by atoms with Crippen LogP contribution in [0.15, 0.2) is 30.3 Å². The molecule has 0 saturated heterocycles. The van der Waals surface area contributed by atoms with Crippen LogP contribution in [0.5, 0.6) is 0 Å². The molecule has 1 radical (unpaired) electrons. The van der Waals surface area contributed by atoms with Gasteiger partial charge in [0.15, 0.2) is 0 Å². The normalized spacial score (nSPS) is 15.6. The molecular weight excluding hydrogens is 148 g/mol. The van der Waals surface area contributed by atoms with Crippen molar-refractivity contribution in [2.24, 2.45) is 5.73 Å². The Morgan fingerprint density at radius 3 is 2.25 bits per heavy atom. The molecule has 12 heavy (non-hydrogen) atoms. The van der Waals surface area contributed by atoms with Crippen LogP contribution in [0.1, 0.15) is 25.5 Å². The van der Waals surface area contributed by atoms with Gasteiger partial charge in [-0.1, -0.05) is 30.3 Å². The van der Waals surface area contributed by atoms with Gasteiger partial charge in [-0.05, 0) is 19.4 Å². The molecule has 0 aliphatic heterocycles. The lowest BCUT2D eigenvalue weighted by Gasteiger charge is -2.14. The first kappa shape index (κ1) is 9.23. The van der Waals surface area contributed by atoms with Crippen molar-refractivity contribution in [1.82, 2.24) is 5.32 Å². The van der Waals surface area contributed by atoms with E-state index >= 15 is 0 Å². The lowest BCUT2D eigenvalue weighted by molar-refractivity contribution is 0.478. The second-order valence-corrected chi connectivity index (χ2v) is 2.98. The van der Waals surface area contributed by atoms with Gasteiger partial charge in [0.2, 0.25) is 0 Å². The Morgan fingerprint density at radius 2 is 1.75 bits per heavy atom. The predicted molar refractivity (Wildman–Crippen MR) is 50.6 cm³/mol. The molecule has 1 aromatic rings. The van der Waals surface area contributed by atoms with E-state index in [2.05, 4.69) is 24.4 Å². The SMILES string of the molecule is CC(N)[N]C(C)c1ccccc1. The van der Waals surface area contributed by atoms with Gasteiger partial charge in [0, 0.05) is 6.04 Å². The van der Waals surface area contributed by atoms with E-state index < -0.39 is 0 Å². The average Bonchev–Trinajstić information content (AvgIpc) is 2.05. The van der Waals surface area contributed by atoms with E-state index in [0.717, 1.165) is 0 Å². The maximum Gasteiger partial charge on any atom is 0.0689 e. The van der Waals surface area contributed by atoms with E-state index in [-0.39, 0.29) is 12.2 Å². The van der Waals surface area contributed by atoms with Gasteiger partial charge in [0.05, 0.1) is 6.17 Å². The van der Waals surface area contributed by atoms with Crippen molar-refractivity contribution in [1.29, 1.82) is 0 Å². The molecule has 1 rings (SSSR count). The summed E-state index contributed by atoms with van der Waals surface area (Å²) in [5, 5.41) is 4.33. The van der Waals surface area contributed by atoms with Crippen molar-refractivity contribution in [2.75, 3.05) is 0 Å². The van der Waals surface area contributed by atoms with Crippen LogP contribution in [0.3, 0.4) is 0 Å². The highest BCUT2D eigenvalue weighted by molar-refractivity contribution is 5.17. The second-order valence-electron chi connectivity index (χ2n) is 2.98. The smallest absolute Gasteiger partial charge is 0.0689 e. The molecule has 2 atom stereocenters. The first-order chi connectivity index (χ1) is 5.70. The largest absolute Gasteiger partial charge is 0.315 e. The molecule has 0 saturated carbocycles. The lowest BCUT2D eigenvalue weighted by atomic mass is 10.1. The van der Waals surface area contributed by atoms with Crippen LogP contribution < -0.4 is 11.1 Å². The number of nitrogens with zero attached hydrogens (tertiary/aromatic N) is 1. The third-order valence-electron chi connectivity index (χ3n) is 1.74. The molecule has 0 amide bonds. The fourth-order valence-electron chi connectivity index (χ4n) is 1.17. The fourth-order valence-corrected chi connectivity index (χ4v) is 1.17. The summed E-state index contributed by atoms with van der Waals surface area (Å²) >= 11 is 0. The molecule has 0 aromatic heterocycles. The highest BCUT2D eigenvalue weighted by Gasteiger charge is 2.06. The Kier molecular flexibility index (Phi) is 3.26. The van der Waals surface area contributed by atoms with Gasteiger partial charge >= 0.3 is 0 Å². The van der Waals surface area contributed by atoms with Gasteiger partial charge < -0.3 is 5.73 Å². The van der Waals surface area contributed by atoms with Gasteiger partial charge in [-0.15, -0.1) is 0 Å². The van der Waals surface area contributed by atoms with E-state index in [1.165, 1.54) is 5.56 Å². The Hall–Kier alpha value is -0.860. The first-order valence-electron chi connectivity index (χ1n) is 4.20. The molecule has 2 unspecified atom stereocenters. The molecule has 0 aliphatic rings. The van der Waals surface area contributed by atoms with Crippen LogP contribution in [0.2, 0.25) is 0 Å². The van der Waals surface area contributed by atoms with Gasteiger partial charge in [-0.25, -0.2) is 5.32 Å². The van der Waals surface area contributed by atoms with E-state index in [1.807, 2.05) is 25.1 Å². The van der Waals surface area contributed by atoms with Crippen LogP contribution in [0, 0.1) is 0 Å². The molecule has 1 aromatic carbocycles. The zero-order valence-electron chi connectivity index (χ0n) is 7.57. The van der Waals surface area contributed by atoms with Crippen LogP contribution in [-0.4, -0.2) is 6.17 Å². The van der Waals surface area contributed by atoms with E-state index in [4.69, 9.17) is 5.73 Å². The van der Waals surface area contributed by atoms with E-state index in [0.29, 0.717) is 0 Å². The van der Waals surface area contributed by atoms with Crippen molar-refractivity contribution in [3.8, 4) is 0 Å². The summed E-state index contributed by atoms with van der Waals surface area (Å²) in [4.78, 5) is 0. The predicted octanol–water partition coefficient (Wildman–Crippen LogP) is 1.66. The van der Waals surface area contributed by atoms with E-state index in [9.17, 15) is 0 Å². The van der Waals surface area contributed by atoms with Crippen molar-refractivity contribution < 1.29 is 0 Å². The highest BCUT2D eigenvalue weighted by Crippen LogP contribution is 2.12. The van der Waals surface area contributed by atoms with E-state index in [1.54, 1.807) is 0 Å². The molecule has 0 spiro atoms. The third kappa shape index (κ3) is 2.64. The quantitative estimate of drug-likeness (QED) is 0.723. The molecule has 2 heteroatoms. The molecule has 2 nitrogen and oxygen atoms in total. The molecule has 65 valence electrons. The molecule has 2 N–H and O–H groups in total. The minimum Gasteiger partial charge on any atom is -0.315 e. The number of hydrogen-bond donors (Lipinski definition) is 1. The molecule has 0 aliphatic carbocycles. The zero-order valence-corrected chi connectivity index (χ0v) is 7.57. The summed E-state index contributed by atoms with van der Waals surface area (Å²) in [5.41, 5.74) is 6.78. The Morgan fingerprint density at radius 1 is 1.17 bits per heavy atom. The lowest BCUT2D eigenvalue weighted by Crippen LogP contribution is -2.29. The summed E-state index contributed by atoms with van der Waals surface area (Å²) in [5.74, 6) is 0. The second kappa shape index (κ2) is 4.24. The van der Waals surface area contributed by atoms with Crippen molar-refractivity contribution in [3.05, 3.63) is 35.9 Å². The Bertz CT molecular complexity index is 219. The third-order valence-corrected chi connectivity index (χ3v) is 1.74. The Balaban J connectivity index is 2.59. The minimum absolute atomic E-state index is 0.0831. The van der Waals surface area contributed by atoms with Gasteiger partial charge in [-0.2, -0.15) is 0 Å². The number of hydrogen-bond acceptors (Lipinski definition) is 1. The maximum atomic E-state index is 5.56. The van der Waals surface area contributed by atoms with Crippen LogP contribution >= 0.6 is 0 Å². The standard InChI is InChI=1S/C10H15N2/c1-8(12-9(2)11)10-6-4-3-5-7-10/h3-9H,11H2,1-2H3. The monoisotopic (exact) mass is 163 g/mol. The fraction of sp³-hybridized carbons (Fsp3) is 0.400. The molecule has 0 bridgehead atoms. The Labute approximate surface area is 73.8 Å². The number of nitrogens with two attached hydrogens (primary N) is 1. The molecular formula is C10H15N2. The van der Waals surface area contributed by atoms with Gasteiger partial charge in [-0.3, -0.25) is 0 Å². The zero-order chi connectivity index (χ0) is 8.97. The summed E-state index contributed by atoms with van der Waals surface area (Å²) in [6.07, 6.45) is -0.0831. The summed E-state index contributed by atoms with van der Waals surface area (Å²) in [7, 11) is 0. The highest BCUT2D eigenvalue weighted by atomic mass is 15.0. The van der Waals surface area contributed by atoms with Crippen LogP contribution in [0.4, 0.5) is 0 Å². The first-order valence-corrected chi connectivity index (χ1v) is 4.20. The van der Waals surface area contributed by atoms with Gasteiger partial charge in [0.25, 0.3) is 0 Å². The summed E-state index contributed by atoms with van der Waals surface area (Å²) < 4.78 is 0. The topological polar surface area (TPSA) is 40.1 Å². The van der Waals surface area contributed by atoms with Crippen LogP contribution in [-0.2, 0) is 0 Å². The van der Waals surface area contributed by atoms with Crippen LogP contribution in [0.25, 0.3) is 0 Å².